The van der Waals surface area contributed by atoms with Gasteiger partial charge < -0.3 is 10.7 Å². The van der Waals surface area contributed by atoms with Crippen molar-refractivity contribution in [3.8, 4) is 11.1 Å². The molecule has 1 aromatic heterocycles. The maximum absolute atomic E-state index is 5.68. The molecule has 0 unspecified atom stereocenters. The monoisotopic (exact) mass is 955 g/mol. The van der Waals surface area contributed by atoms with E-state index >= 15 is 0 Å². The van der Waals surface area contributed by atoms with Gasteiger partial charge in [0.05, 0.1) is 17.1 Å². The van der Waals surface area contributed by atoms with Crippen molar-refractivity contribution in [1.29, 1.82) is 0 Å². The van der Waals surface area contributed by atoms with E-state index in [4.69, 9.17) is 25.1 Å². The van der Waals surface area contributed by atoms with Crippen molar-refractivity contribution in [2.45, 2.75) is 13.0 Å². The van der Waals surface area contributed by atoms with Crippen molar-refractivity contribution < 1.29 is 15.1 Å². The maximum atomic E-state index is 5.68. The molecule has 3 nitrogen and oxygen atoms in total. The third kappa shape index (κ3) is 9.73. The van der Waals surface area contributed by atoms with Gasteiger partial charge in [-0.15, -0.1) is 0 Å². The molecule has 0 spiro atoms. The molecule has 0 saturated heterocycles. The van der Waals surface area contributed by atoms with Gasteiger partial charge in [0.15, 0.2) is 0 Å². The second-order valence-corrected chi connectivity index (χ2v) is 21.4. The van der Waals surface area contributed by atoms with Crippen LogP contribution in [0, 0.1) is 0 Å². The summed E-state index contributed by atoms with van der Waals surface area (Å²) < 4.78 is 0. The maximum Gasteiger partial charge on any atom is -0.000884 e. The number of nitrogens with two attached hydrogens (primary N) is 1. The molecule has 0 aliphatic heterocycles. The molecule has 10 aromatic rings. The van der Waals surface area contributed by atoms with Crippen LogP contribution in [0.2, 0.25) is 0 Å². The number of imidazole rings is 1. The number of hydrogen-bond acceptors (Lipinski definition) is 2. The Hall–Kier alpha value is -5.01. The fraction of sp³-hybridized carbons (Fsp3) is 0.0377. The molecule has 0 saturated carbocycles. The van der Waals surface area contributed by atoms with Gasteiger partial charge in [0.25, 0.3) is 0 Å². The van der Waals surface area contributed by atoms with E-state index in [0.29, 0.717) is 0 Å². The molecule has 10 rings (SSSR count). The number of nitrogens with one attached hydrogen (secondary N) is 1. The number of rotatable bonds is 8. The molecule has 8 heteroatoms. The summed E-state index contributed by atoms with van der Waals surface area (Å²) in [5, 5.41) is 13.3. The summed E-state index contributed by atoms with van der Waals surface area (Å²) in [5.74, 6) is 0.844. The van der Waals surface area contributed by atoms with Crippen LogP contribution >= 0.6 is 35.2 Å². The molecule has 3 N–H and O–H groups in total. The fourth-order valence-corrected chi connectivity index (χ4v) is 12.7. The van der Waals surface area contributed by atoms with Crippen molar-refractivity contribution in [3.63, 3.8) is 0 Å². The fourth-order valence-electron chi connectivity index (χ4n) is 7.77. The van der Waals surface area contributed by atoms with Crippen LogP contribution in [0.4, 0.5) is 0 Å². The Bertz CT molecular complexity index is 2690. The van der Waals surface area contributed by atoms with Gasteiger partial charge in [0, 0.05) is 0 Å². The van der Waals surface area contributed by atoms with Crippen molar-refractivity contribution in [2.24, 2.45) is 5.73 Å². The Morgan fingerprint density at radius 2 is 0.803 bits per heavy atom. The second-order valence-electron chi connectivity index (χ2n) is 14.4. The summed E-state index contributed by atoms with van der Waals surface area (Å²) in [6, 6.07) is 79.7. The topological polar surface area (TPSA) is 54.7 Å². The van der Waals surface area contributed by atoms with Crippen LogP contribution in [0.1, 0.15) is 18.8 Å². The van der Waals surface area contributed by atoms with Crippen molar-refractivity contribution in [1.82, 2.24) is 9.97 Å². The van der Waals surface area contributed by atoms with Gasteiger partial charge in [-0.3, -0.25) is 0 Å². The van der Waals surface area contributed by atoms with Gasteiger partial charge in [0.1, 0.15) is 5.82 Å². The Morgan fingerprint density at radius 1 is 0.459 bits per heavy atom. The zero-order valence-electron chi connectivity index (χ0n) is 33.4. The number of para-hydroxylation sites is 2. The third-order valence-electron chi connectivity index (χ3n) is 10.4. The summed E-state index contributed by atoms with van der Waals surface area (Å²) in [5.41, 5.74) is 10.4. The average molecular weight is 956 g/mol. The van der Waals surface area contributed by atoms with Gasteiger partial charge in [-0.1, -0.05) is 206 Å². The van der Waals surface area contributed by atoms with Crippen LogP contribution in [0.3, 0.4) is 0 Å². The number of hydrogen-bond donors (Lipinski definition) is 2. The molecule has 0 amide bonds. The first-order valence-corrected chi connectivity index (χ1v) is 27.1. The van der Waals surface area contributed by atoms with Crippen molar-refractivity contribution in [2.75, 3.05) is 0 Å². The second kappa shape index (κ2) is 20.7. The third-order valence-corrected chi connectivity index (χ3v) is 15.4. The molecule has 0 fully saturated rings. The van der Waals surface area contributed by atoms with E-state index in [2.05, 4.69) is 204 Å². The molecule has 61 heavy (non-hydrogen) atoms. The smallest absolute Gasteiger partial charge is 0.000884 e. The van der Waals surface area contributed by atoms with E-state index in [0.717, 1.165) is 16.9 Å². The van der Waals surface area contributed by atoms with Crippen molar-refractivity contribution in [3.05, 3.63) is 224 Å². The Labute approximate surface area is 376 Å². The van der Waals surface area contributed by atoms with E-state index in [1.54, 1.807) is 0 Å². The van der Waals surface area contributed by atoms with E-state index in [9.17, 15) is 0 Å². The molecule has 9 aromatic carbocycles. The van der Waals surface area contributed by atoms with E-state index in [1.807, 2.05) is 31.2 Å². The van der Waals surface area contributed by atoms with Crippen LogP contribution < -0.4 is 37.6 Å². The quantitative estimate of drug-likeness (QED) is 0.118. The molecule has 1 heterocycles. The van der Waals surface area contributed by atoms with Crippen LogP contribution in [0.25, 0.3) is 43.7 Å². The number of halogens is 2. The molecular weight excluding hydrogens is 913 g/mol. The standard InChI is InChI=1S/C44H32P2.C9H11N3.2ClH.Ru/c1-5-19-35(20-6-1)45(36-21-7-2-8-22-36)41-31-29-33-17-13-15-27-39(33)43(41)44-40-28-16-14-18-34(40)30-32-42(44)46(37-23-9-3-10-24-37)38-25-11-4-12-26-38;1-6(10)9-11-7-4-2-3-5-8(7)12-9;;;/h1-32H;2-6H,10H2,1H3,(H,11,12);2*1H;/q;;;;+2/p-2/t;6-;;;/m.0.../s1. The minimum absolute atomic E-state index is 0.0302. The van der Waals surface area contributed by atoms with Gasteiger partial charge >= 0.3 is 34.5 Å². The first kappa shape index (κ1) is 42.7. The van der Waals surface area contributed by atoms with Crippen LogP contribution in [-0.2, 0) is 15.1 Å². The predicted octanol–water partition coefficient (Wildman–Crippen LogP) is 12.1. The zero-order valence-corrected chi connectivity index (χ0v) is 38.4. The molecule has 0 aliphatic rings. The minimum atomic E-state index is -0.852. The molecule has 0 bridgehead atoms. The minimum Gasteiger partial charge on any atom is -0.0622 e. The number of H-pyrrole nitrogens is 1. The molecule has 0 radical (unpaired) electrons. The zero-order chi connectivity index (χ0) is 42.0. The summed E-state index contributed by atoms with van der Waals surface area (Å²) >= 11 is -0.346. The van der Waals surface area contributed by atoms with Crippen LogP contribution in [0.5, 0.6) is 0 Å². The van der Waals surface area contributed by atoms with Crippen LogP contribution in [0.15, 0.2) is 218 Å². The number of aromatic nitrogens is 2. The first-order chi connectivity index (χ1) is 30.1. The Morgan fingerprint density at radius 3 is 1.18 bits per heavy atom. The normalized spacial score (nSPS) is 11.6. The number of aromatic amines is 1. The largest absolute Gasteiger partial charge is 0.0622 e. The average Bonchev–Trinajstić information content (AvgIpc) is 3.77. The number of fused-ring (bicyclic) bond motifs is 3. The van der Waals surface area contributed by atoms with E-state index in [1.165, 1.54) is 64.5 Å². The molecule has 0 aliphatic carbocycles. The van der Waals surface area contributed by atoms with E-state index < -0.39 is 15.8 Å². The van der Waals surface area contributed by atoms with Gasteiger partial charge in [-0.2, -0.15) is 0 Å². The molecule has 1 atom stereocenters. The molecular formula is C53H43Cl2N3P2Ru. The van der Waals surface area contributed by atoms with Gasteiger partial charge in [-0.05, 0) is 99.4 Å². The summed E-state index contributed by atoms with van der Waals surface area (Å²) in [4.78, 5) is 7.49. The number of nitrogens with zero attached hydrogens (tertiary/aromatic N) is 1. The summed E-state index contributed by atoms with van der Waals surface area (Å²) in [6.45, 7) is 1.91. The predicted molar refractivity (Wildman–Crippen MR) is 265 cm³/mol. The first-order valence-electron chi connectivity index (χ1n) is 20.0. The van der Waals surface area contributed by atoms with Gasteiger partial charge in [-0.25, -0.2) is 4.98 Å². The Balaban J connectivity index is 0.000000290. The molecule has 302 valence electrons. The number of benzene rings is 9. The van der Waals surface area contributed by atoms with Crippen LogP contribution in [-0.4, -0.2) is 9.97 Å². The Kier molecular flexibility index (Phi) is 14.5. The SMILES string of the molecule is C[C@H](N)c1nc2ccccc2[nH]1.[Cl][Ru][Cl].c1ccc(P(c2ccccc2)c2ccc3ccccc3c2-c2c(P(c3ccccc3)c3ccccc3)ccc3ccccc23)cc1. The van der Waals surface area contributed by atoms with E-state index in [-0.39, 0.29) is 21.2 Å². The van der Waals surface area contributed by atoms with Crippen molar-refractivity contribution >= 4 is 99.6 Å². The summed E-state index contributed by atoms with van der Waals surface area (Å²) in [7, 11) is 8.00. The summed E-state index contributed by atoms with van der Waals surface area (Å²) in [6.07, 6.45) is 0. The van der Waals surface area contributed by atoms with Gasteiger partial charge in [0.2, 0.25) is 0 Å².